The number of hydrogen-bond donors (Lipinski definition) is 3. The lowest BCUT2D eigenvalue weighted by Crippen LogP contribution is -2.30. The SMILES string of the molecule is CC(C)[C@@H](CO)Nc1nc(NCc2ccco2)cc(-c2cccc(OC(F)(F)F)c2)n1. The number of aliphatic hydroxyl groups excluding tert-OH is 1. The normalized spacial score (nSPS) is 12.6. The molecule has 166 valence electrons. The molecule has 2 aromatic heterocycles. The predicted octanol–water partition coefficient (Wildman–Crippen LogP) is 4.68. The van der Waals surface area contributed by atoms with Crippen molar-refractivity contribution in [3.05, 3.63) is 54.5 Å². The first-order valence-electron chi connectivity index (χ1n) is 9.62. The zero-order chi connectivity index (χ0) is 22.4. The Labute approximate surface area is 177 Å². The monoisotopic (exact) mass is 436 g/mol. The molecule has 3 aromatic rings. The summed E-state index contributed by atoms with van der Waals surface area (Å²) in [5, 5.41) is 15.8. The molecule has 31 heavy (non-hydrogen) atoms. The van der Waals surface area contributed by atoms with Gasteiger partial charge in [-0.3, -0.25) is 0 Å². The van der Waals surface area contributed by atoms with E-state index in [-0.39, 0.29) is 30.3 Å². The predicted molar refractivity (Wildman–Crippen MR) is 110 cm³/mol. The van der Waals surface area contributed by atoms with Gasteiger partial charge in [-0.05, 0) is 30.2 Å². The van der Waals surface area contributed by atoms with Crippen molar-refractivity contribution in [1.82, 2.24) is 9.97 Å². The van der Waals surface area contributed by atoms with E-state index in [2.05, 4.69) is 25.3 Å². The summed E-state index contributed by atoms with van der Waals surface area (Å²) < 4.78 is 47.1. The number of furan rings is 1. The molecule has 0 saturated carbocycles. The van der Waals surface area contributed by atoms with Crippen molar-refractivity contribution >= 4 is 11.8 Å². The maximum absolute atomic E-state index is 12.6. The van der Waals surface area contributed by atoms with Gasteiger partial charge in [-0.1, -0.05) is 26.0 Å². The molecule has 0 aliphatic carbocycles. The fourth-order valence-electron chi connectivity index (χ4n) is 2.78. The number of halogens is 3. The van der Waals surface area contributed by atoms with Gasteiger partial charge >= 0.3 is 6.36 Å². The molecule has 2 heterocycles. The highest BCUT2D eigenvalue weighted by atomic mass is 19.4. The van der Waals surface area contributed by atoms with Crippen LogP contribution in [0.25, 0.3) is 11.3 Å². The minimum absolute atomic E-state index is 0.0975. The molecule has 0 aliphatic heterocycles. The number of nitrogens with zero attached hydrogens (tertiary/aromatic N) is 2. The van der Waals surface area contributed by atoms with E-state index < -0.39 is 6.36 Å². The molecule has 0 fully saturated rings. The summed E-state index contributed by atoms with van der Waals surface area (Å²) in [6.45, 7) is 4.10. The van der Waals surface area contributed by atoms with Crippen LogP contribution in [0.5, 0.6) is 5.75 Å². The Morgan fingerprint density at radius 3 is 2.58 bits per heavy atom. The van der Waals surface area contributed by atoms with Crippen molar-refractivity contribution in [2.24, 2.45) is 5.92 Å². The first kappa shape index (κ1) is 22.4. The fourth-order valence-corrected chi connectivity index (χ4v) is 2.78. The van der Waals surface area contributed by atoms with Crippen LogP contribution < -0.4 is 15.4 Å². The van der Waals surface area contributed by atoms with E-state index in [9.17, 15) is 18.3 Å². The van der Waals surface area contributed by atoms with Gasteiger partial charge in [-0.15, -0.1) is 13.2 Å². The molecule has 3 rings (SSSR count). The molecule has 0 radical (unpaired) electrons. The summed E-state index contributed by atoms with van der Waals surface area (Å²) in [6.07, 6.45) is -3.24. The summed E-state index contributed by atoms with van der Waals surface area (Å²) >= 11 is 0. The van der Waals surface area contributed by atoms with Crippen LogP contribution in [0.15, 0.2) is 53.1 Å². The third-order valence-electron chi connectivity index (χ3n) is 4.43. The Hall–Kier alpha value is -3.27. The standard InChI is InChI=1S/C21H23F3N4O3/c1-13(2)18(12-29)27-20-26-17(10-19(28-20)25-11-16-7-4-8-30-16)14-5-3-6-15(9-14)31-21(22,23)24/h3-10,13,18,29H,11-12H2,1-2H3,(H2,25,26,27,28)/t18-/m1/s1. The van der Waals surface area contributed by atoms with Gasteiger partial charge < -0.3 is 24.9 Å². The van der Waals surface area contributed by atoms with E-state index in [1.165, 1.54) is 18.2 Å². The minimum atomic E-state index is -4.79. The lowest BCUT2D eigenvalue weighted by molar-refractivity contribution is -0.274. The van der Waals surface area contributed by atoms with Gasteiger partial charge in [0, 0.05) is 11.6 Å². The molecule has 0 aliphatic rings. The minimum Gasteiger partial charge on any atom is -0.467 e. The van der Waals surface area contributed by atoms with E-state index in [0.717, 1.165) is 0 Å². The highest BCUT2D eigenvalue weighted by Crippen LogP contribution is 2.29. The smallest absolute Gasteiger partial charge is 0.467 e. The number of nitrogens with one attached hydrogen (secondary N) is 2. The number of hydrogen-bond acceptors (Lipinski definition) is 7. The lowest BCUT2D eigenvalue weighted by atomic mass is 10.1. The Bertz CT molecular complexity index is 978. The molecule has 0 unspecified atom stereocenters. The van der Waals surface area contributed by atoms with Crippen LogP contribution in [0.1, 0.15) is 19.6 Å². The third-order valence-corrected chi connectivity index (χ3v) is 4.43. The van der Waals surface area contributed by atoms with E-state index in [4.69, 9.17) is 4.42 Å². The quantitative estimate of drug-likeness (QED) is 0.449. The van der Waals surface area contributed by atoms with Gasteiger partial charge in [0.1, 0.15) is 17.3 Å². The van der Waals surface area contributed by atoms with Gasteiger partial charge in [-0.2, -0.15) is 4.98 Å². The molecule has 7 nitrogen and oxygen atoms in total. The maximum atomic E-state index is 12.6. The van der Waals surface area contributed by atoms with Crippen LogP contribution in [-0.2, 0) is 6.54 Å². The first-order chi connectivity index (χ1) is 14.7. The van der Waals surface area contributed by atoms with Crippen molar-refractivity contribution in [3.8, 4) is 17.0 Å². The molecule has 0 bridgehead atoms. The largest absolute Gasteiger partial charge is 0.573 e. The van der Waals surface area contributed by atoms with Crippen molar-refractivity contribution in [3.63, 3.8) is 0 Å². The number of ether oxygens (including phenoxy) is 1. The van der Waals surface area contributed by atoms with Gasteiger partial charge in [0.25, 0.3) is 0 Å². The van der Waals surface area contributed by atoms with Crippen LogP contribution in [0.3, 0.4) is 0 Å². The van der Waals surface area contributed by atoms with Crippen molar-refractivity contribution in [2.45, 2.75) is 32.8 Å². The van der Waals surface area contributed by atoms with Gasteiger partial charge in [0.2, 0.25) is 5.95 Å². The van der Waals surface area contributed by atoms with Crippen molar-refractivity contribution in [1.29, 1.82) is 0 Å². The average Bonchev–Trinajstić information content (AvgIpc) is 3.23. The molecule has 1 atom stereocenters. The number of aliphatic hydroxyl groups is 1. The summed E-state index contributed by atoms with van der Waals surface area (Å²) in [6, 6.07) is 10.4. The lowest BCUT2D eigenvalue weighted by Gasteiger charge is -2.20. The molecule has 1 aromatic carbocycles. The van der Waals surface area contributed by atoms with Crippen LogP contribution in [-0.4, -0.2) is 34.1 Å². The van der Waals surface area contributed by atoms with E-state index in [1.54, 1.807) is 30.5 Å². The Balaban J connectivity index is 1.93. The molecule has 3 N–H and O–H groups in total. The Morgan fingerprint density at radius 1 is 1.13 bits per heavy atom. The fraction of sp³-hybridized carbons (Fsp3) is 0.333. The molecule has 10 heteroatoms. The van der Waals surface area contributed by atoms with Gasteiger partial charge in [0.15, 0.2) is 0 Å². The summed E-state index contributed by atoms with van der Waals surface area (Å²) in [7, 11) is 0. The van der Waals surface area contributed by atoms with Crippen LogP contribution in [0.4, 0.5) is 24.9 Å². The van der Waals surface area contributed by atoms with Gasteiger partial charge in [0.05, 0.1) is 31.2 Å². The number of rotatable bonds is 9. The summed E-state index contributed by atoms with van der Waals surface area (Å²) in [5.41, 5.74) is 0.797. The highest BCUT2D eigenvalue weighted by molar-refractivity contribution is 5.66. The number of anilines is 2. The second-order valence-electron chi connectivity index (χ2n) is 7.15. The van der Waals surface area contributed by atoms with E-state index >= 15 is 0 Å². The van der Waals surface area contributed by atoms with Crippen LogP contribution in [0, 0.1) is 5.92 Å². The zero-order valence-corrected chi connectivity index (χ0v) is 17.0. The first-order valence-corrected chi connectivity index (χ1v) is 9.62. The second-order valence-corrected chi connectivity index (χ2v) is 7.15. The molecular formula is C21H23F3N4O3. The number of aromatic nitrogens is 2. The van der Waals surface area contributed by atoms with Gasteiger partial charge in [-0.25, -0.2) is 4.98 Å². The van der Waals surface area contributed by atoms with Crippen molar-refractivity contribution in [2.75, 3.05) is 17.2 Å². The highest BCUT2D eigenvalue weighted by Gasteiger charge is 2.31. The topological polar surface area (TPSA) is 92.4 Å². The maximum Gasteiger partial charge on any atom is 0.573 e. The number of benzene rings is 1. The summed E-state index contributed by atoms with van der Waals surface area (Å²) in [5.74, 6) is 1.10. The molecular weight excluding hydrogens is 413 g/mol. The van der Waals surface area contributed by atoms with E-state index in [0.29, 0.717) is 29.4 Å². The molecule has 0 amide bonds. The zero-order valence-electron chi connectivity index (χ0n) is 17.0. The number of alkyl halides is 3. The van der Waals surface area contributed by atoms with Crippen molar-refractivity contribution < 1.29 is 27.4 Å². The van der Waals surface area contributed by atoms with Crippen LogP contribution in [0.2, 0.25) is 0 Å². The van der Waals surface area contributed by atoms with Crippen LogP contribution >= 0.6 is 0 Å². The average molecular weight is 436 g/mol. The summed E-state index contributed by atoms with van der Waals surface area (Å²) in [4.78, 5) is 8.84. The Kier molecular flexibility index (Phi) is 7.01. The molecule has 0 saturated heterocycles. The van der Waals surface area contributed by atoms with E-state index in [1.807, 2.05) is 13.8 Å². The molecule has 0 spiro atoms. The third kappa shape index (κ3) is 6.61. The second kappa shape index (κ2) is 9.69. The Morgan fingerprint density at radius 2 is 1.94 bits per heavy atom.